The third kappa shape index (κ3) is 11.8. The second kappa shape index (κ2) is 20.7. The number of anilines is 2. The van der Waals surface area contributed by atoms with Gasteiger partial charge in [0.05, 0.1) is 24.2 Å². The molecule has 12 nitrogen and oxygen atoms in total. The van der Waals surface area contributed by atoms with E-state index in [0.29, 0.717) is 36.8 Å². The van der Waals surface area contributed by atoms with Crippen LogP contribution in [0, 0.1) is 0 Å². The minimum absolute atomic E-state index is 0.225. The second-order valence-corrected chi connectivity index (χ2v) is 9.58. The number of hydrogen-bond acceptors (Lipinski definition) is 9. The largest absolute Gasteiger partial charge is 0.468 e. The van der Waals surface area contributed by atoms with E-state index in [2.05, 4.69) is 36.9 Å². The van der Waals surface area contributed by atoms with E-state index >= 15 is 0 Å². The van der Waals surface area contributed by atoms with Crippen LogP contribution in [0.5, 0.6) is 0 Å². The van der Waals surface area contributed by atoms with Crippen molar-refractivity contribution >= 4 is 47.0 Å². The SMILES string of the molecule is CCCCCCOC=O.CN=C(N)c1ccc(NCc2nc3ccc(C(=O)N(CCC=O)c4ccccn4)cc3[nH]2)cc1.CO. The molecule has 12 heteroatoms. The average Bonchev–Trinajstić information content (AvgIpc) is 3.51. The smallest absolute Gasteiger partial charge is 0.293 e. The third-order valence-corrected chi connectivity index (χ3v) is 6.48. The first-order valence-electron chi connectivity index (χ1n) is 14.7. The van der Waals surface area contributed by atoms with Gasteiger partial charge in [-0.3, -0.25) is 19.5 Å². The summed E-state index contributed by atoms with van der Waals surface area (Å²) in [7, 11) is 2.66. The Bertz CT molecular complexity index is 1470. The van der Waals surface area contributed by atoms with Crippen molar-refractivity contribution in [2.75, 3.05) is 37.5 Å². The van der Waals surface area contributed by atoms with Gasteiger partial charge in [0.2, 0.25) is 0 Å². The predicted molar refractivity (Wildman–Crippen MR) is 177 cm³/mol. The third-order valence-electron chi connectivity index (χ3n) is 6.48. The number of amides is 1. The van der Waals surface area contributed by atoms with E-state index in [-0.39, 0.29) is 18.9 Å². The highest BCUT2D eigenvalue weighted by molar-refractivity contribution is 6.07. The highest BCUT2D eigenvalue weighted by Crippen LogP contribution is 2.19. The van der Waals surface area contributed by atoms with Gasteiger partial charge in [-0.25, -0.2) is 9.97 Å². The zero-order valence-electron chi connectivity index (χ0n) is 26.1. The molecule has 0 aliphatic carbocycles. The van der Waals surface area contributed by atoms with Crippen LogP contribution in [-0.4, -0.2) is 71.9 Å². The van der Waals surface area contributed by atoms with Crippen molar-refractivity contribution in [2.24, 2.45) is 10.7 Å². The van der Waals surface area contributed by atoms with Crippen molar-refractivity contribution in [1.82, 2.24) is 15.0 Å². The van der Waals surface area contributed by atoms with E-state index in [1.165, 1.54) is 24.2 Å². The highest BCUT2D eigenvalue weighted by Gasteiger charge is 2.19. The lowest BCUT2D eigenvalue weighted by Gasteiger charge is -2.20. The van der Waals surface area contributed by atoms with E-state index < -0.39 is 0 Å². The molecule has 5 N–H and O–H groups in total. The summed E-state index contributed by atoms with van der Waals surface area (Å²) in [4.78, 5) is 51.4. The van der Waals surface area contributed by atoms with Gasteiger partial charge in [-0.05, 0) is 61.0 Å². The van der Waals surface area contributed by atoms with E-state index in [1.54, 1.807) is 49.6 Å². The Balaban J connectivity index is 0.000000553. The van der Waals surface area contributed by atoms with Crippen LogP contribution in [0.15, 0.2) is 71.9 Å². The van der Waals surface area contributed by atoms with Crippen LogP contribution >= 0.6 is 0 Å². The van der Waals surface area contributed by atoms with Crippen LogP contribution in [0.3, 0.4) is 0 Å². The zero-order chi connectivity index (χ0) is 32.9. The minimum Gasteiger partial charge on any atom is -0.468 e. The number of H-pyrrole nitrogens is 1. The molecule has 2 aromatic heterocycles. The number of pyridine rings is 1. The number of aliphatic hydroxyl groups excluding tert-OH is 1. The average molecular weight is 618 g/mol. The number of nitrogens with zero attached hydrogens (tertiary/aromatic N) is 4. The fourth-order valence-corrected chi connectivity index (χ4v) is 4.18. The minimum atomic E-state index is -0.230. The van der Waals surface area contributed by atoms with Gasteiger partial charge in [0.1, 0.15) is 23.8 Å². The van der Waals surface area contributed by atoms with Gasteiger partial charge in [0.25, 0.3) is 12.4 Å². The number of fused-ring (bicyclic) bond motifs is 1. The number of aliphatic imine (C=N–C) groups is 1. The Kier molecular flexibility index (Phi) is 16.6. The van der Waals surface area contributed by atoms with Crippen LogP contribution in [0.25, 0.3) is 11.0 Å². The number of carbonyl (C=O) groups is 3. The topological polar surface area (TPSA) is 176 Å². The first-order valence-corrected chi connectivity index (χ1v) is 14.7. The molecule has 0 aliphatic rings. The second-order valence-electron chi connectivity index (χ2n) is 9.58. The van der Waals surface area contributed by atoms with Crippen LogP contribution in [0.1, 0.15) is 60.8 Å². The van der Waals surface area contributed by atoms with Gasteiger partial charge in [0, 0.05) is 50.1 Å². The lowest BCUT2D eigenvalue weighted by molar-refractivity contribution is -0.128. The Morgan fingerprint density at radius 1 is 1.07 bits per heavy atom. The van der Waals surface area contributed by atoms with Crippen molar-refractivity contribution in [3.05, 3.63) is 83.8 Å². The standard InChI is InChI=1S/C25H25N7O2.C7H14O2.CH4O/c1-27-24(26)17-6-9-19(10-7-17)29-16-22-30-20-11-8-18(15-21(20)31-22)25(34)32(13-4-14-33)23-5-2-3-12-28-23;1-2-3-4-5-6-9-7-8;1-2/h2-3,5-12,14-15,29H,4,13,16H2,1H3,(H2,26,27)(H,30,31);7H,2-6H2,1H3;2H,1H3. The summed E-state index contributed by atoms with van der Waals surface area (Å²) >= 11 is 0. The molecular weight excluding hydrogens is 574 g/mol. The Morgan fingerprint density at radius 2 is 1.82 bits per heavy atom. The van der Waals surface area contributed by atoms with Crippen molar-refractivity contribution in [1.29, 1.82) is 0 Å². The fourth-order valence-electron chi connectivity index (χ4n) is 4.18. The Hall–Kier alpha value is -5.10. The summed E-state index contributed by atoms with van der Waals surface area (Å²) in [6.45, 7) is 3.98. The number of aromatic amines is 1. The monoisotopic (exact) mass is 617 g/mol. The van der Waals surface area contributed by atoms with E-state index in [4.69, 9.17) is 10.8 Å². The van der Waals surface area contributed by atoms with Crippen LogP contribution in [0.2, 0.25) is 0 Å². The molecule has 0 fully saturated rings. The number of aldehydes is 1. The van der Waals surface area contributed by atoms with Gasteiger partial charge in [-0.1, -0.05) is 32.3 Å². The molecule has 4 aromatic rings. The first kappa shape index (κ1) is 36.1. The van der Waals surface area contributed by atoms with Crippen LogP contribution in [-0.2, 0) is 20.9 Å². The number of nitrogens with two attached hydrogens (primary N) is 1. The molecule has 1 amide bonds. The summed E-state index contributed by atoms with van der Waals surface area (Å²) in [5.41, 5.74) is 9.61. The maximum atomic E-state index is 13.2. The maximum Gasteiger partial charge on any atom is 0.293 e. The summed E-state index contributed by atoms with van der Waals surface area (Å²) < 4.78 is 4.50. The van der Waals surface area contributed by atoms with Crippen molar-refractivity contribution in [2.45, 2.75) is 45.6 Å². The molecule has 0 bridgehead atoms. The number of hydrogen-bond donors (Lipinski definition) is 4. The highest BCUT2D eigenvalue weighted by atomic mass is 16.5. The number of ether oxygens (including phenoxy) is 1. The number of carbonyl (C=O) groups excluding carboxylic acids is 3. The molecule has 0 aliphatic heterocycles. The van der Waals surface area contributed by atoms with E-state index in [0.717, 1.165) is 47.9 Å². The van der Waals surface area contributed by atoms with Gasteiger partial charge in [-0.15, -0.1) is 0 Å². The number of imidazole rings is 1. The van der Waals surface area contributed by atoms with Gasteiger partial charge < -0.3 is 30.7 Å². The van der Waals surface area contributed by atoms with E-state index in [9.17, 15) is 14.4 Å². The van der Waals surface area contributed by atoms with Crippen LogP contribution in [0.4, 0.5) is 11.5 Å². The van der Waals surface area contributed by atoms with Crippen molar-refractivity contribution < 1.29 is 24.2 Å². The lowest BCUT2D eigenvalue weighted by Crippen LogP contribution is -2.32. The molecule has 0 atom stereocenters. The fraction of sp³-hybridized carbons (Fsp3) is 0.333. The molecule has 0 unspecified atom stereocenters. The van der Waals surface area contributed by atoms with Gasteiger partial charge in [0.15, 0.2) is 0 Å². The number of benzene rings is 2. The quantitative estimate of drug-likeness (QED) is 0.0648. The molecule has 0 radical (unpaired) electrons. The van der Waals surface area contributed by atoms with Crippen molar-refractivity contribution in [3.8, 4) is 0 Å². The molecule has 240 valence electrons. The van der Waals surface area contributed by atoms with Gasteiger partial charge in [-0.2, -0.15) is 0 Å². The van der Waals surface area contributed by atoms with E-state index in [1.807, 2.05) is 24.3 Å². The van der Waals surface area contributed by atoms with Crippen LogP contribution < -0.4 is 16.0 Å². The van der Waals surface area contributed by atoms with Crippen molar-refractivity contribution in [3.63, 3.8) is 0 Å². The molecule has 2 heterocycles. The Morgan fingerprint density at radius 3 is 2.47 bits per heavy atom. The number of unbranched alkanes of at least 4 members (excludes halogenated alkanes) is 3. The summed E-state index contributed by atoms with van der Waals surface area (Å²) in [6, 6.07) is 18.3. The summed E-state index contributed by atoms with van der Waals surface area (Å²) in [5.74, 6) is 1.50. The molecular formula is C33H43N7O5. The number of aromatic nitrogens is 3. The molecule has 45 heavy (non-hydrogen) atoms. The summed E-state index contributed by atoms with van der Waals surface area (Å²) in [6.07, 6.45) is 7.28. The molecule has 4 rings (SSSR count). The maximum absolute atomic E-state index is 13.2. The Labute approximate surface area is 263 Å². The normalized spacial score (nSPS) is 10.5. The summed E-state index contributed by atoms with van der Waals surface area (Å²) in [5, 5.41) is 10.3. The number of nitrogens with one attached hydrogen (secondary N) is 2. The van der Waals surface area contributed by atoms with Gasteiger partial charge >= 0.3 is 0 Å². The predicted octanol–water partition coefficient (Wildman–Crippen LogP) is 4.49. The zero-order valence-corrected chi connectivity index (χ0v) is 26.1. The number of aliphatic hydroxyl groups is 1. The lowest BCUT2D eigenvalue weighted by atomic mass is 10.1. The number of amidine groups is 1. The number of rotatable bonds is 15. The molecule has 0 saturated carbocycles. The molecule has 0 spiro atoms. The molecule has 0 saturated heterocycles. The first-order chi connectivity index (χ1) is 22.0. The molecule has 2 aromatic carbocycles.